The minimum Gasteiger partial charge on any atom is -0.348 e. The van der Waals surface area contributed by atoms with Crippen LogP contribution in [0.5, 0.6) is 0 Å². The maximum absolute atomic E-state index is 11.8. The number of carbonyl (C=O) groups excluding carboxylic acids is 1. The van der Waals surface area contributed by atoms with Gasteiger partial charge in [0.2, 0.25) is 5.91 Å². The van der Waals surface area contributed by atoms with Gasteiger partial charge in [0.1, 0.15) is 5.82 Å². The van der Waals surface area contributed by atoms with Crippen molar-refractivity contribution in [3.63, 3.8) is 0 Å². The van der Waals surface area contributed by atoms with E-state index in [0.717, 1.165) is 38.3 Å². The van der Waals surface area contributed by atoms with E-state index in [4.69, 9.17) is 0 Å². The van der Waals surface area contributed by atoms with E-state index in [-0.39, 0.29) is 5.91 Å². The molecule has 0 saturated carbocycles. The molecule has 2 rings (SSSR count). The Morgan fingerprint density at radius 3 is 2.94 bits per heavy atom. The molecule has 1 amide bonds. The van der Waals surface area contributed by atoms with Gasteiger partial charge in [-0.1, -0.05) is 0 Å². The van der Waals surface area contributed by atoms with E-state index in [1.54, 1.807) is 12.4 Å². The predicted molar refractivity (Wildman–Crippen MR) is 65.3 cm³/mol. The number of imidazole rings is 1. The SMILES string of the molecule is O=C(CCNCc1ncc[nH]1)N1CCCCC1. The summed E-state index contributed by atoms with van der Waals surface area (Å²) in [6.45, 7) is 3.30. The number of piperidine rings is 1. The fourth-order valence-electron chi connectivity index (χ4n) is 2.10. The van der Waals surface area contributed by atoms with Gasteiger partial charge in [-0.15, -0.1) is 0 Å². The minimum atomic E-state index is 0.275. The van der Waals surface area contributed by atoms with E-state index in [1.807, 2.05) is 4.90 Å². The van der Waals surface area contributed by atoms with E-state index >= 15 is 0 Å². The maximum atomic E-state index is 11.8. The molecule has 1 saturated heterocycles. The van der Waals surface area contributed by atoms with Gasteiger partial charge < -0.3 is 15.2 Å². The van der Waals surface area contributed by atoms with E-state index in [2.05, 4.69) is 15.3 Å². The molecule has 0 aliphatic carbocycles. The molecule has 0 bridgehead atoms. The number of hydrogen-bond acceptors (Lipinski definition) is 3. The Morgan fingerprint density at radius 1 is 1.41 bits per heavy atom. The third-order valence-corrected chi connectivity index (χ3v) is 3.07. The highest BCUT2D eigenvalue weighted by molar-refractivity contribution is 5.76. The largest absolute Gasteiger partial charge is 0.348 e. The average Bonchev–Trinajstić information content (AvgIpc) is 2.88. The Kier molecular flexibility index (Phi) is 4.55. The average molecular weight is 236 g/mol. The maximum Gasteiger partial charge on any atom is 0.223 e. The number of likely N-dealkylation sites (tertiary alicyclic amines) is 1. The molecule has 1 aliphatic rings. The Balaban J connectivity index is 1.59. The van der Waals surface area contributed by atoms with Crippen LogP contribution in [0.15, 0.2) is 12.4 Å². The highest BCUT2D eigenvalue weighted by Gasteiger charge is 2.15. The normalized spacial score (nSPS) is 16.1. The van der Waals surface area contributed by atoms with Gasteiger partial charge in [0.15, 0.2) is 0 Å². The second-order valence-corrected chi connectivity index (χ2v) is 4.40. The number of nitrogens with one attached hydrogen (secondary N) is 2. The van der Waals surface area contributed by atoms with Crippen molar-refractivity contribution in [1.29, 1.82) is 0 Å². The fraction of sp³-hybridized carbons (Fsp3) is 0.667. The lowest BCUT2D eigenvalue weighted by Gasteiger charge is -2.26. The predicted octanol–water partition coefficient (Wildman–Crippen LogP) is 0.902. The van der Waals surface area contributed by atoms with Crippen molar-refractivity contribution in [2.24, 2.45) is 0 Å². The molecule has 1 aromatic heterocycles. The monoisotopic (exact) mass is 236 g/mol. The van der Waals surface area contributed by atoms with Crippen molar-refractivity contribution in [2.45, 2.75) is 32.2 Å². The van der Waals surface area contributed by atoms with Crippen LogP contribution in [0.25, 0.3) is 0 Å². The summed E-state index contributed by atoms with van der Waals surface area (Å²) < 4.78 is 0. The van der Waals surface area contributed by atoms with Crippen LogP contribution in [0.3, 0.4) is 0 Å². The smallest absolute Gasteiger partial charge is 0.223 e. The molecule has 0 unspecified atom stereocenters. The highest BCUT2D eigenvalue weighted by atomic mass is 16.2. The third-order valence-electron chi connectivity index (χ3n) is 3.07. The first-order valence-corrected chi connectivity index (χ1v) is 6.33. The van der Waals surface area contributed by atoms with Gasteiger partial charge in [-0.05, 0) is 19.3 Å². The fourth-order valence-corrected chi connectivity index (χ4v) is 2.10. The van der Waals surface area contributed by atoms with Crippen LogP contribution in [-0.4, -0.2) is 40.4 Å². The van der Waals surface area contributed by atoms with Crippen LogP contribution in [0.1, 0.15) is 31.5 Å². The third kappa shape index (κ3) is 3.85. The Bertz CT molecular complexity index is 330. The Hall–Kier alpha value is -1.36. The molecule has 0 aromatic carbocycles. The van der Waals surface area contributed by atoms with Crippen molar-refractivity contribution >= 4 is 5.91 Å². The number of amides is 1. The van der Waals surface area contributed by atoms with Gasteiger partial charge in [-0.3, -0.25) is 4.79 Å². The summed E-state index contributed by atoms with van der Waals surface area (Å²) in [5.74, 6) is 1.19. The zero-order valence-corrected chi connectivity index (χ0v) is 10.1. The molecule has 0 spiro atoms. The molecule has 94 valence electrons. The summed E-state index contributed by atoms with van der Waals surface area (Å²) in [6.07, 6.45) is 7.70. The number of hydrogen-bond donors (Lipinski definition) is 2. The summed E-state index contributed by atoms with van der Waals surface area (Å²) in [7, 11) is 0. The van der Waals surface area contributed by atoms with Gasteiger partial charge in [0.25, 0.3) is 0 Å². The first-order valence-electron chi connectivity index (χ1n) is 6.33. The van der Waals surface area contributed by atoms with Gasteiger partial charge >= 0.3 is 0 Å². The Morgan fingerprint density at radius 2 is 2.24 bits per heavy atom. The number of aromatic amines is 1. The van der Waals surface area contributed by atoms with Crippen LogP contribution in [-0.2, 0) is 11.3 Å². The number of aromatic nitrogens is 2. The van der Waals surface area contributed by atoms with E-state index in [9.17, 15) is 4.79 Å². The van der Waals surface area contributed by atoms with Crippen molar-refractivity contribution < 1.29 is 4.79 Å². The van der Waals surface area contributed by atoms with Crippen LogP contribution in [0.4, 0.5) is 0 Å². The summed E-state index contributed by atoms with van der Waals surface area (Å²) in [5.41, 5.74) is 0. The molecular weight excluding hydrogens is 216 g/mol. The van der Waals surface area contributed by atoms with Crippen molar-refractivity contribution in [3.8, 4) is 0 Å². The molecule has 0 atom stereocenters. The Labute approximate surface area is 102 Å². The van der Waals surface area contributed by atoms with Crippen LogP contribution < -0.4 is 5.32 Å². The molecule has 17 heavy (non-hydrogen) atoms. The number of rotatable bonds is 5. The number of carbonyl (C=O) groups is 1. The van der Waals surface area contributed by atoms with Gasteiger partial charge in [0.05, 0.1) is 6.54 Å². The second-order valence-electron chi connectivity index (χ2n) is 4.40. The zero-order chi connectivity index (χ0) is 11.9. The van der Waals surface area contributed by atoms with Crippen LogP contribution in [0, 0.1) is 0 Å². The highest BCUT2D eigenvalue weighted by Crippen LogP contribution is 2.09. The second kappa shape index (κ2) is 6.39. The molecule has 2 N–H and O–H groups in total. The lowest BCUT2D eigenvalue weighted by Crippen LogP contribution is -2.37. The molecule has 5 heteroatoms. The first kappa shape index (κ1) is 12.1. The van der Waals surface area contributed by atoms with E-state index < -0.39 is 0 Å². The van der Waals surface area contributed by atoms with Gasteiger partial charge in [-0.2, -0.15) is 0 Å². The molecule has 0 radical (unpaired) electrons. The molecule has 1 aromatic rings. The molecule has 2 heterocycles. The molecule has 1 aliphatic heterocycles. The summed E-state index contributed by atoms with van der Waals surface area (Å²) >= 11 is 0. The van der Waals surface area contributed by atoms with E-state index in [1.165, 1.54) is 6.42 Å². The van der Waals surface area contributed by atoms with Crippen molar-refractivity contribution in [2.75, 3.05) is 19.6 Å². The van der Waals surface area contributed by atoms with Gasteiger partial charge in [-0.25, -0.2) is 4.98 Å². The topological polar surface area (TPSA) is 61.0 Å². The van der Waals surface area contributed by atoms with Crippen molar-refractivity contribution in [1.82, 2.24) is 20.2 Å². The number of nitrogens with zero attached hydrogens (tertiary/aromatic N) is 2. The van der Waals surface area contributed by atoms with Crippen molar-refractivity contribution in [3.05, 3.63) is 18.2 Å². The van der Waals surface area contributed by atoms with Crippen LogP contribution >= 0.6 is 0 Å². The first-order chi connectivity index (χ1) is 8.36. The molecule has 5 nitrogen and oxygen atoms in total. The summed E-state index contributed by atoms with van der Waals surface area (Å²) in [5, 5.41) is 3.22. The molecule has 1 fully saturated rings. The summed E-state index contributed by atoms with van der Waals surface area (Å²) in [4.78, 5) is 20.9. The lowest BCUT2D eigenvalue weighted by molar-refractivity contribution is -0.131. The van der Waals surface area contributed by atoms with Gasteiger partial charge in [0, 0.05) is 38.4 Å². The van der Waals surface area contributed by atoms with E-state index in [0.29, 0.717) is 13.0 Å². The number of H-pyrrole nitrogens is 1. The zero-order valence-electron chi connectivity index (χ0n) is 10.1. The molecular formula is C12H20N4O. The van der Waals surface area contributed by atoms with Crippen LogP contribution in [0.2, 0.25) is 0 Å². The summed E-state index contributed by atoms with van der Waals surface area (Å²) in [6, 6.07) is 0. The quantitative estimate of drug-likeness (QED) is 0.747. The minimum absolute atomic E-state index is 0.275. The lowest BCUT2D eigenvalue weighted by atomic mass is 10.1. The standard InChI is InChI=1S/C12H20N4O/c17-12(16-8-2-1-3-9-16)4-5-13-10-11-14-6-7-15-11/h6-7,13H,1-5,8-10H2,(H,14,15).